The van der Waals surface area contributed by atoms with Gasteiger partial charge in [0.15, 0.2) is 0 Å². The van der Waals surface area contributed by atoms with Crippen LogP contribution in [0.2, 0.25) is 10.0 Å². The van der Waals surface area contributed by atoms with Gasteiger partial charge in [-0.05, 0) is 60.2 Å². The number of imidazole rings is 1. The molecule has 0 bridgehead atoms. The van der Waals surface area contributed by atoms with Gasteiger partial charge in [0, 0.05) is 29.8 Å². The van der Waals surface area contributed by atoms with Crippen molar-refractivity contribution < 1.29 is 32.6 Å². The summed E-state index contributed by atoms with van der Waals surface area (Å²) >= 11 is 16.2. The molecule has 0 aliphatic heterocycles. The molecule has 232 valence electrons. The first-order valence-corrected chi connectivity index (χ1v) is 14.7. The second kappa shape index (κ2) is 13.4. The lowest BCUT2D eigenvalue weighted by atomic mass is 10.1. The van der Waals surface area contributed by atoms with Crippen LogP contribution in [0, 0.1) is 5.82 Å². The number of halogens is 6. The Morgan fingerprint density at radius 2 is 1.80 bits per heavy atom. The van der Waals surface area contributed by atoms with E-state index in [-0.39, 0.29) is 34.0 Å². The van der Waals surface area contributed by atoms with Gasteiger partial charge >= 0.3 is 5.97 Å². The number of nitrogens with zero attached hydrogens (tertiary/aromatic N) is 3. The topological polar surface area (TPSA) is 96.7 Å². The van der Waals surface area contributed by atoms with Crippen LogP contribution in [0.15, 0.2) is 77.3 Å². The Bertz CT molecular complexity index is 1900. The Kier molecular flexibility index (Phi) is 9.56. The highest BCUT2D eigenvalue weighted by molar-refractivity contribution is 9.10. The van der Waals surface area contributed by atoms with Gasteiger partial charge in [-0.2, -0.15) is 0 Å². The lowest BCUT2D eigenvalue weighted by molar-refractivity contribution is 0.0664. The van der Waals surface area contributed by atoms with Crippen LogP contribution in [0.25, 0.3) is 11.0 Å². The van der Waals surface area contributed by atoms with Crippen LogP contribution in [0.3, 0.4) is 0 Å². The zero-order valence-electron chi connectivity index (χ0n) is 23.2. The predicted molar refractivity (Wildman–Crippen MR) is 169 cm³/mol. The van der Waals surface area contributed by atoms with Crippen molar-refractivity contribution in [3.05, 3.63) is 110 Å². The standard InChI is InChI=1S/C31H22BrCl2F3N4O4/c1-40-25-13-26(45-15-27(36)37)19(30(43)44)12-23(25)39-31(40)41(18-8-6-17(32)7-9-18)24-11-16(5-10-20(24)33)14-38-29(42)28-21(34)3-2-4-22(28)35/h2-13,27H,14-15H2,1H3,(H,38,42)(H,43,44). The number of carbonyl (C=O) groups is 2. The van der Waals surface area contributed by atoms with Gasteiger partial charge in [-0.1, -0.05) is 51.3 Å². The van der Waals surface area contributed by atoms with Crippen molar-refractivity contribution in [1.82, 2.24) is 14.9 Å². The number of rotatable bonds is 10. The minimum Gasteiger partial charge on any atom is -0.487 e. The highest BCUT2D eigenvalue weighted by atomic mass is 79.9. The minimum atomic E-state index is -2.81. The van der Waals surface area contributed by atoms with Crippen molar-refractivity contribution in [3.63, 3.8) is 0 Å². The smallest absolute Gasteiger partial charge is 0.339 e. The van der Waals surface area contributed by atoms with E-state index in [9.17, 15) is 27.9 Å². The molecule has 0 saturated heterocycles. The molecule has 0 unspecified atom stereocenters. The molecule has 0 aliphatic carbocycles. The molecule has 5 rings (SSSR count). The Morgan fingerprint density at radius 1 is 1.07 bits per heavy atom. The van der Waals surface area contributed by atoms with Crippen molar-refractivity contribution >= 4 is 79.4 Å². The van der Waals surface area contributed by atoms with E-state index in [0.29, 0.717) is 33.4 Å². The highest BCUT2D eigenvalue weighted by Gasteiger charge is 2.25. The summed E-state index contributed by atoms with van der Waals surface area (Å²) in [7, 11) is 1.67. The van der Waals surface area contributed by atoms with Crippen molar-refractivity contribution in [3.8, 4) is 5.75 Å². The zero-order chi connectivity index (χ0) is 32.4. The fourth-order valence-electron chi connectivity index (χ4n) is 4.62. The third kappa shape index (κ3) is 6.87. The maximum Gasteiger partial charge on any atom is 0.339 e. The molecule has 45 heavy (non-hydrogen) atoms. The molecule has 0 spiro atoms. The van der Waals surface area contributed by atoms with Crippen LogP contribution in [0.1, 0.15) is 26.3 Å². The number of amides is 1. The van der Waals surface area contributed by atoms with Crippen LogP contribution in [0.4, 0.5) is 30.5 Å². The summed E-state index contributed by atoms with van der Waals surface area (Å²) in [6, 6.07) is 18.8. The van der Waals surface area contributed by atoms with Gasteiger partial charge in [0.25, 0.3) is 12.3 Å². The fourth-order valence-corrected chi connectivity index (χ4v) is 5.34. The van der Waals surface area contributed by atoms with Crippen LogP contribution >= 0.6 is 39.1 Å². The van der Waals surface area contributed by atoms with Gasteiger partial charge in [0.2, 0.25) is 5.95 Å². The number of hydrogen-bond donors (Lipinski definition) is 2. The van der Waals surface area contributed by atoms with E-state index in [1.54, 1.807) is 59.0 Å². The molecule has 1 heterocycles. The summed E-state index contributed by atoms with van der Waals surface area (Å²) in [5, 5.41) is 12.7. The molecular weight excluding hydrogens is 700 g/mol. The molecular formula is C31H22BrCl2F3N4O4. The third-order valence-corrected chi connectivity index (χ3v) is 7.90. The molecule has 14 heteroatoms. The summed E-state index contributed by atoms with van der Waals surface area (Å²) in [6.07, 6.45) is -2.81. The molecule has 0 saturated carbocycles. The van der Waals surface area contributed by atoms with Crippen molar-refractivity contribution in [2.75, 3.05) is 11.5 Å². The lowest BCUT2D eigenvalue weighted by Gasteiger charge is -2.26. The van der Waals surface area contributed by atoms with E-state index in [2.05, 4.69) is 21.2 Å². The van der Waals surface area contributed by atoms with Gasteiger partial charge in [-0.25, -0.2) is 22.9 Å². The Hall–Kier alpha value is -4.26. The monoisotopic (exact) mass is 720 g/mol. The quantitative estimate of drug-likeness (QED) is 0.150. The zero-order valence-corrected chi connectivity index (χ0v) is 26.3. The maximum atomic E-state index is 14.3. The van der Waals surface area contributed by atoms with Crippen molar-refractivity contribution in [2.24, 2.45) is 7.05 Å². The number of nitrogens with one attached hydrogen (secondary N) is 1. The molecule has 1 aromatic heterocycles. The number of hydrogen-bond acceptors (Lipinski definition) is 5. The molecule has 8 nitrogen and oxygen atoms in total. The van der Waals surface area contributed by atoms with Crippen molar-refractivity contribution in [1.29, 1.82) is 0 Å². The number of ether oxygens (including phenoxy) is 1. The second-order valence-corrected chi connectivity index (χ2v) is 11.4. The molecule has 0 atom stereocenters. The van der Waals surface area contributed by atoms with Crippen LogP contribution in [0.5, 0.6) is 5.75 Å². The SMILES string of the molecule is Cn1c(N(c2ccc(Br)cc2)c2cc(CNC(=O)c3c(F)cccc3Cl)ccc2Cl)nc2cc(C(=O)O)c(OCC(F)F)cc21. The normalized spacial score (nSPS) is 11.2. The Balaban J connectivity index is 1.59. The number of aryl methyl sites for hydroxylation is 1. The van der Waals surface area contributed by atoms with Crippen LogP contribution < -0.4 is 15.0 Å². The predicted octanol–water partition coefficient (Wildman–Crippen LogP) is 8.52. The molecule has 5 aromatic rings. The number of aromatic nitrogens is 2. The number of carboxylic acid groups (broad SMARTS) is 1. The third-order valence-electron chi connectivity index (χ3n) is 6.73. The molecule has 4 aromatic carbocycles. The largest absolute Gasteiger partial charge is 0.487 e. The Labute approximate surface area is 273 Å². The van der Waals surface area contributed by atoms with Gasteiger partial charge < -0.3 is 19.7 Å². The van der Waals surface area contributed by atoms with E-state index >= 15 is 0 Å². The van der Waals surface area contributed by atoms with Crippen molar-refractivity contribution in [2.45, 2.75) is 13.0 Å². The highest BCUT2D eigenvalue weighted by Crippen LogP contribution is 2.41. The summed E-state index contributed by atoms with van der Waals surface area (Å²) < 4.78 is 47.7. The number of alkyl halides is 2. The molecule has 0 aliphatic rings. The number of benzene rings is 4. The first-order chi connectivity index (χ1) is 21.4. The van der Waals surface area contributed by atoms with Crippen LogP contribution in [-0.4, -0.2) is 39.6 Å². The first-order valence-electron chi connectivity index (χ1n) is 13.2. The molecule has 0 radical (unpaired) electrons. The summed E-state index contributed by atoms with van der Waals surface area (Å²) in [5.41, 5.74) is 1.73. The number of anilines is 3. The minimum absolute atomic E-state index is 0.00279. The average molecular weight is 722 g/mol. The van der Waals surface area contributed by atoms with Gasteiger partial charge in [-0.3, -0.25) is 9.69 Å². The summed E-state index contributed by atoms with van der Waals surface area (Å²) in [5.74, 6) is -2.75. The maximum absolute atomic E-state index is 14.3. The fraction of sp³-hybridized carbons (Fsp3) is 0.129. The van der Waals surface area contributed by atoms with E-state index in [1.165, 1.54) is 24.3 Å². The van der Waals surface area contributed by atoms with Crippen LogP contribution in [-0.2, 0) is 13.6 Å². The van der Waals surface area contributed by atoms with Gasteiger partial charge in [0.1, 0.15) is 23.7 Å². The second-order valence-electron chi connectivity index (χ2n) is 9.69. The van der Waals surface area contributed by atoms with E-state index in [1.807, 2.05) is 0 Å². The number of carboxylic acids is 1. The van der Waals surface area contributed by atoms with E-state index in [4.69, 9.17) is 32.9 Å². The Morgan fingerprint density at radius 3 is 2.47 bits per heavy atom. The van der Waals surface area contributed by atoms with E-state index < -0.39 is 30.7 Å². The molecule has 0 fully saturated rings. The van der Waals surface area contributed by atoms with Gasteiger partial charge in [-0.15, -0.1) is 0 Å². The lowest BCUT2D eigenvalue weighted by Crippen LogP contribution is -2.24. The summed E-state index contributed by atoms with van der Waals surface area (Å²) in [4.78, 5) is 31.1. The van der Waals surface area contributed by atoms with E-state index in [0.717, 1.165) is 10.5 Å². The van der Waals surface area contributed by atoms with Gasteiger partial charge in [0.05, 0.1) is 32.3 Å². The number of fused-ring (bicyclic) bond motifs is 1. The average Bonchev–Trinajstić information content (AvgIpc) is 3.31. The number of aromatic carboxylic acids is 1. The molecule has 2 N–H and O–H groups in total. The molecule has 1 amide bonds. The summed E-state index contributed by atoms with van der Waals surface area (Å²) in [6.45, 7) is -0.985. The number of carbonyl (C=O) groups excluding carboxylic acids is 1. The first kappa shape index (κ1) is 32.1.